The number of carboxylic acid groups (broad SMARTS) is 1. The van der Waals surface area contributed by atoms with Crippen molar-refractivity contribution in [2.75, 3.05) is 19.0 Å². The Balaban J connectivity index is 1.85. The van der Waals surface area contributed by atoms with Gasteiger partial charge in [0.2, 0.25) is 5.91 Å². The summed E-state index contributed by atoms with van der Waals surface area (Å²) in [7, 11) is 1.46. The van der Waals surface area contributed by atoms with Crippen LogP contribution in [0.4, 0.5) is 5.69 Å². The Morgan fingerprint density at radius 3 is 2.59 bits per heavy atom. The fourth-order valence-electron chi connectivity index (χ4n) is 3.88. The zero-order valence-electron chi connectivity index (χ0n) is 17.2. The number of fused-ring (bicyclic) bond motifs is 1. The molecule has 1 aliphatic heterocycles. The van der Waals surface area contributed by atoms with E-state index in [-0.39, 0.29) is 30.2 Å². The first kappa shape index (κ1) is 21.0. The van der Waals surface area contributed by atoms with Crippen molar-refractivity contribution in [3.05, 3.63) is 71.5 Å². The zero-order chi connectivity index (χ0) is 22.8. The van der Waals surface area contributed by atoms with Gasteiger partial charge in [0, 0.05) is 24.2 Å². The van der Waals surface area contributed by atoms with Crippen LogP contribution in [0, 0.1) is 0 Å². The third-order valence-electron chi connectivity index (χ3n) is 5.25. The van der Waals surface area contributed by atoms with Gasteiger partial charge in [0.15, 0.2) is 18.1 Å². The predicted octanol–water partition coefficient (Wildman–Crippen LogP) is 2.52. The molecule has 1 atom stereocenters. The zero-order valence-corrected chi connectivity index (χ0v) is 17.2. The number of hydrogen-bond donors (Lipinski definition) is 3. The Kier molecular flexibility index (Phi) is 5.55. The molecule has 2 aromatic carbocycles. The maximum atomic E-state index is 12.5. The summed E-state index contributed by atoms with van der Waals surface area (Å²) in [6, 6.07) is 14.4. The third-order valence-corrected chi connectivity index (χ3v) is 5.25. The van der Waals surface area contributed by atoms with E-state index in [4.69, 9.17) is 15.2 Å². The monoisotopic (exact) mass is 435 g/mol. The molecular formula is C23H21N3O6. The smallest absolute Gasteiger partial charge is 0.339 e. The van der Waals surface area contributed by atoms with Gasteiger partial charge in [0.05, 0.1) is 18.5 Å². The normalized spacial score (nSPS) is 14.9. The quantitative estimate of drug-likeness (QED) is 0.522. The highest BCUT2D eigenvalue weighted by Crippen LogP contribution is 2.43. The molecule has 0 spiro atoms. The van der Waals surface area contributed by atoms with Crippen LogP contribution in [0.15, 0.2) is 54.7 Å². The molecule has 1 unspecified atom stereocenters. The van der Waals surface area contributed by atoms with Crippen LogP contribution in [0.2, 0.25) is 0 Å². The van der Waals surface area contributed by atoms with E-state index in [0.717, 1.165) is 11.3 Å². The molecule has 4 N–H and O–H groups in total. The van der Waals surface area contributed by atoms with Crippen molar-refractivity contribution in [1.29, 1.82) is 0 Å². The number of aromatic nitrogens is 1. The number of primary amides is 1. The molecule has 0 saturated heterocycles. The number of methoxy groups -OCH3 is 1. The minimum absolute atomic E-state index is 0.00952. The Hall–Kier alpha value is -4.27. The van der Waals surface area contributed by atoms with Crippen molar-refractivity contribution in [2.24, 2.45) is 5.73 Å². The summed E-state index contributed by atoms with van der Waals surface area (Å²) < 4.78 is 12.6. The number of nitrogens with two attached hydrogens (primary N) is 1. The number of carbonyl (C=O) groups excluding carboxylic acids is 2. The molecule has 0 bridgehead atoms. The lowest BCUT2D eigenvalue weighted by Gasteiger charge is -2.26. The molecule has 9 nitrogen and oxygen atoms in total. The summed E-state index contributed by atoms with van der Waals surface area (Å²) in [5.41, 5.74) is 7.58. The molecule has 0 radical (unpaired) electrons. The molecule has 164 valence electrons. The van der Waals surface area contributed by atoms with Crippen LogP contribution in [-0.4, -0.2) is 41.2 Å². The van der Waals surface area contributed by atoms with Crippen molar-refractivity contribution in [3.8, 4) is 17.2 Å². The van der Waals surface area contributed by atoms with Gasteiger partial charge in [-0.25, -0.2) is 4.79 Å². The highest BCUT2D eigenvalue weighted by Gasteiger charge is 2.34. The molecule has 0 saturated carbocycles. The van der Waals surface area contributed by atoms with Gasteiger partial charge in [-0.1, -0.05) is 24.3 Å². The topological polar surface area (TPSA) is 133 Å². The predicted molar refractivity (Wildman–Crippen MR) is 116 cm³/mol. The van der Waals surface area contributed by atoms with Crippen molar-refractivity contribution >= 4 is 23.5 Å². The lowest BCUT2D eigenvalue weighted by molar-refractivity contribution is -0.120. The second kappa shape index (κ2) is 8.46. The van der Waals surface area contributed by atoms with Crippen molar-refractivity contribution in [3.63, 3.8) is 0 Å². The Morgan fingerprint density at radius 1 is 1.19 bits per heavy atom. The average Bonchev–Trinajstić information content (AvgIpc) is 3.17. The highest BCUT2D eigenvalue weighted by atomic mass is 16.5. The van der Waals surface area contributed by atoms with E-state index in [0.29, 0.717) is 17.2 Å². The SMILES string of the molecule is COc1cc(C2CC(=O)Nc3c(C(=O)O)cn(-c4ccccc4)c32)ccc1OCC(N)=O. The van der Waals surface area contributed by atoms with Crippen LogP contribution in [0.25, 0.3) is 5.69 Å². The summed E-state index contributed by atoms with van der Waals surface area (Å²) in [6.07, 6.45) is 1.63. The van der Waals surface area contributed by atoms with Crippen LogP contribution in [-0.2, 0) is 9.59 Å². The number of benzene rings is 2. The molecule has 2 heterocycles. The number of nitrogens with zero attached hydrogens (tertiary/aromatic N) is 1. The summed E-state index contributed by atoms with van der Waals surface area (Å²) in [5, 5.41) is 12.5. The van der Waals surface area contributed by atoms with E-state index in [1.165, 1.54) is 13.3 Å². The second-order valence-corrected chi connectivity index (χ2v) is 7.28. The van der Waals surface area contributed by atoms with E-state index < -0.39 is 17.8 Å². The van der Waals surface area contributed by atoms with Gasteiger partial charge in [0.25, 0.3) is 5.91 Å². The Morgan fingerprint density at radius 2 is 1.94 bits per heavy atom. The van der Waals surface area contributed by atoms with Crippen molar-refractivity contribution in [2.45, 2.75) is 12.3 Å². The van der Waals surface area contributed by atoms with Crippen LogP contribution in [0.1, 0.15) is 34.0 Å². The van der Waals surface area contributed by atoms with Crippen LogP contribution in [0.5, 0.6) is 11.5 Å². The molecule has 1 aromatic heterocycles. The van der Waals surface area contributed by atoms with Gasteiger partial charge in [-0.15, -0.1) is 0 Å². The molecule has 3 aromatic rings. The number of amides is 2. The number of ether oxygens (including phenoxy) is 2. The maximum absolute atomic E-state index is 12.5. The van der Waals surface area contributed by atoms with E-state index in [9.17, 15) is 19.5 Å². The lowest BCUT2D eigenvalue weighted by atomic mass is 9.88. The van der Waals surface area contributed by atoms with Gasteiger partial charge in [-0.3, -0.25) is 9.59 Å². The number of aromatic carboxylic acids is 1. The first-order chi connectivity index (χ1) is 15.4. The van der Waals surface area contributed by atoms with Crippen LogP contribution < -0.4 is 20.5 Å². The molecule has 9 heteroatoms. The minimum Gasteiger partial charge on any atom is -0.493 e. The first-order valence-corrected chi connectivity index (χ1v) is 9.82. The van der Waals surface area contributed by atoms with Crippen molar-refractivity contribution < 1.29 is 29.0 Å². The summed E-state index contributed by atoms with van der Waals surface area (Å²) in [5.74, 6) is -1.78. The van der Waals surface area contributed by atoms with Crippen LogP contribution in [0.3, 0.4) is 0 Å². The first-order valence-electron chi connectivity index (χ1n) is 9.82. The van der Waals surface area contributed by atoms with Crippen molar-refractivity contribution in [1.82, 2.24) is 4.57 Å². The van der Waals surface area contributed by atoms with Gasteiger partial charge < -0.3 is 30.2 Å². The molecule has 4 rings (SSSR count). The van der Waals surface area contributed by atoms with E-state index in [1.54, 1.807) is 22.8 Å². The van der Waals surface area contributed by atoms with Gasteiger partial charge in [-0.05, 0) is 29.8 Å². The van der Waals surface area contributed by atoms with Gasteiger partial charge in [0.1, 0.15) is 5.56 Å². The van der Waals surface area contributed by atoms with E-state index in [1.807, 2.05) is 30.3 Å². The standard InChI is InChI=1S/C23H21N3O6/c1-31-18-9-13(7-8-17(18)32-12-19(24)27)15-10-20(28)25-21-16(23(29)30)11-26(22(15)21)14-5-3-2-4-6-14/h2-9,11,15H,10,12H2,1H3,(H2,24,27)(H,25,28)(H,29,30). The third kappa shape index (κ3) is 3.87. The Bertz CT molecular complexity index is 1200. The molecular weight excluding hydrogens is 414 g/mol. The summed E-state index contributed by atoms with van der Waals surface area (Å²) >= 11 is 0. The molecule has 1 aliphatic rings. The summed E-state index contributed by atoms with van der Waals surface area (Å²) in [4.78, 5) is 35.5. The average molecular weight is 435 g/mol. The highest BCUT2D eigenvalue weighted by molar-refractivity contribution is 6.04. The number of carbonyl (C=O) groups is 3. The number of hydrogen-bond acceptors (Lipinski definition) is 5. The minimum atomic E-state index is -1.13. The number of para-hydroxylation sites is 1. The van der Waals surface area contributed by atoms with E-state index >= 15 is 0 Å². The van der Waals surface area contributed by atoms with Crippen LogP contribution >= 0.6 is 0 Å². The molecule has 0 aliphatic carbocycles. The lowest BCUT2D eigenvalue weighted by Crippen LogP contribution is -2.25. The fourth-order valence-corrected chi connectivity index (χ4v) is 3.88. The van der Waals surface area contributed by atoms with E-state index in [2.05, 4.69) is 5.32 Å². The number of nitrogens with one attached hydrogen (secondary N) is 1. The molecule has 0 fully saturated rings. The number of anilines is 1. The number of rotatable bonds is 7. The largest absolute Gasteiger partial charge is 0.493 e. The molecule has 2 amide bonds. The summed E-state index contributed by atoms with van der Waals surface area (Å²) in [6.45, 7) is -0.301. The van der Waals surface area contributed by atoms with Gasteiger partial charge in [-0.2, -0.15) is 0 Å². The maximum Gasteiger partial charge on any atom is 0.339 e. The van der Waals surface area contributed by atoms with Gasteiger partial charge >= 0.3 is 5.97 Å². The number of carboxylic acids is 1. The molecule has 32 heavy (non-hydrogen) atoms. The fraction of sp³-hybridized carbons (Fsp3) is 0.174. The second-order valence-electron chi connectivity index (χ2n) is 7.28. The Labute approximate surface area is 183 Å².